The Balaban J connectivity index is 2.07. The van der Waals surface area contributed by atoms with E-state index in [1.807, 2.05) is 30.3 Å². The van der Waals surface area contributed by atoms with Crippen LogP contribution < -0.4 is 18.9 Å². The Kier molecular flexibility index (Phi) is 6.69. The van der Waals surface area contributed by atoms with E-state index in [0.29, 0.717) is 0 Å². The average molecular weight is 344 g/mol. The number of likely N-dealkylation sites (N-methyl/N-ethyl adjacent to an activating group) is 1. The van der Waals surface area contributed by atoms with E-state index >= 15 is 0 Å². The number of methoxy groups -OCH3 is 4. The molecule has 134 valence electrons. The van der Waals surface area contributed by atoms with E-state index < -0.39 is 0 Å². The molecule has 0 unspecified atom stereocenters. The SMILES string of the molecule is COc1ccc(C=[N+](C)CCc2ccc(OC)c(OC)c2)cc1OC. The van der Waals surface area contributed by atoms with Crippen molar-refractivity contribution in [3.63, 3.8) is 0 Å². The van der Waals surface area contributed by atoms with Gasteiger partial charge in [0, 0.05) is 12.0 Å². The van der Waals surface area contributed by atoms with E-state index in [0.717, 1.165) is 41.5 Å². The summed E-state index contributed by atoms with van der Waals surface area (Å²) < 4.78 is 23.4. The van der Waals surface area contributed by atoms with E-state index in [2.05, 4.69) is 23.9 Å². The lowest BCUT2D eigenvalue weighted by Gasteiger charge is -2.09. The Morgan fingerprint density at radius 1 is 0.760 bits per heavy atom. The van der Waals surface area contributed by atoms with Crippen LogP contribution >= 0.6 is 0 Å². The van der Waals surface area contributed by atoms with E-state index in [-0.39, 0.29) is 0 Å². The van der Waals surface area contributed by atoms with Crippen molar-refractivity contribution in [1.29, 1.82) is 0 Å². The van der Waals surface area contributed by atoms with Crippen LogP contribution in [0.25, 0.3) is 0 Å². The van der Waals surface area contributed by atoms with Gasteiger partial charge in [-0.1, -0.05) is 6.07 Å². The Morgan fingerprint density at radius 3 is 1.92 bits per heavy atom. The van der Waals surface area contributed by atoms with Gasteiger partial charge < -0.3 is 18.9 Å². The molecule has 0 aliphatic heterocycles. The van der Waals surface area contributed by atoms with E-state index in [1.165, 1.54) is 5.56 Å². The molecular weight excluding hydrogens is 318 g/mol. The summed E-state index contributed by atoms with van der Waals surface area (Å²) in [5.41, 5.74) is 2.26. The highest BCUT2D eigenvalue weighted by Gasteiger charge is 2.08. The van der Waals surface area contributed by atoms with Crippen molar-refractivity contribution in [2.24, 2.45) is 0 Å². The van der Waals surface area contributed by atoms with E-state index in [9.17, 15) is 0 Å². The van der Waals surface area contributed by atoms with Crippen LogP contribution in [0.5, 0.6) is 23.0 Å². The Bertz CT molecular complexity index is 740. The number of rotatable bonds is 8. The van der Waals surface area contributed by atoms with Gasteiger partial charge in [0.25, 0.3) is 0 Å². The summed E-state index contributed by atoms with van der Waals surface area (Å²) in [4.78, 5) is 0. The van der Waals surface area contributed by atoms with Crippen molar-refractivity contribution in [3.8, 4) is 23.0 Å². The molecule has 0 atom stereocenters. The first-order valence-corrected chi connectivity index (χ1v) is 8.09. The minimum atomic E-state index is 0.726. The molecule has 0 aromatic heterocycles. The lowest BCUT2D eigenvalue weighted by atomic mass is 10.1. The maximum atomic E-state index is 5.35. The standard InChI is InChI=1S/C20H26NO4/c1-21(14-16-7-9-18(23-3)20(13-16)25-5)11-10-15-6-8-17(22-2)19(12-15)24-4/h6-9,12-14H,10-11H2,1-5H3/q+1. The van der Waals surface area contributed by atoms with Crippen molar-refractivity contribution < 1.29 is 23.5 Å². The van der Waals surface area contributed by atoms with Crippen LogP contribution in [-0.4, -0.2) is 52.8 Å². The maximum Gasteiger partial charge on any atom is 0.170 e. The molecule has 0 radical (unpaired) electrons. The third-order valence-electron chi connectivity index (χ3n) is 3.98. The molecule has 0 aliphatic rings. The van der Waals surface area contributed by atoms with Crippen LogP contribution in [0.15, 0.2) is 36.4 Å². The average Bonchev–Trinajstić information content (AvgIpc) is 2.65. The van der Waals surface area contributed by atoms with Crippen LogP contribution in [-0.2, 0) is 6.42 Å². The molecule has 0 spiro atoms. The molecular formula is C20H26NO4+. The second-order valence-electron chi connectivity index (χ2n) is 5.66. The van der Waals surface area contributed by atoms with Gasteiger partial charge in [-0.15, -0.1) is 0 Å². The zero-order chi connectivity index (χ0) is 18.2. The Morgan fingerprint density at radius 2 is 1.32 bits per heavy atom. The molecule has 2 aromatic carbocycles. The van der Waals surface area contributed by atoms with Crippen molar-refractivity contribution >= 4 is 6.21 Å². The predicted molar refractivity (Wildman–Crippen MR) is 99.0 cm³/mol. The second-order valence-corrected chi connectivity index (χ2v) is 5.66. The molecule has 0 N–H and O–H groups in total. The van der Waals surface area contributed by atoms with E-state index in [4.69, 9.17) is 18.9 Å². The predicted octanol–water partition coefficient (Wildman–Crippen LogP) is 3.02. The molecule has 0 fully saturated rings. The first-order chi connectivity index (χ1) is 12.1. The molecule has 0 heterocycles. The quantitative estimate of drug-likeness (QED) is 0.545. The highest BCUT2D eigenvalue weighted by Crippen LogP contribution is 2.28. The summed E-state index contributed by atoms with van der Waals surface area (Å²) in [6.07, 6.45) is 2.99. The highest BCUT2D eigenvalue weighted by atomic mass is 16.5. The largest absolute Gasteiger partial charge is 0.493 e. The molecule has 0 saturated carbocycles. The minimum Gasteiger partial charge on any atom is -0.493 e. The number of benzene rings is 2. The molecule has 0 saturated heterocycles. The summed E-state index contributed by atoms with van der Waals surface area (Å²) >= 11 is 0. The fourth-order valence-electron chi connectivity index (χ4n) is 2.59. The van der Waals surface area contributed by atoms with Crippen molar-refractivity contribution in [1.82, 2.24) is 0 Å². The van der Waals surface area contributed by atoms with Gasteiger partial charge in [0.2, 0.25) is 0 Å². The molecule has 5 nitrogen and oxygen atoms in total. The van der Waals surface area contributed by atoms with Crippen LogP contribution in [0, 0.1) is 0 Å². The molecule has 5 heteroatoms. The lowest BCUT2D eigenvalue weighted by Crippen LogP contribution is -2.12. The number of ether oxygens (including phenoxy) is 4. The van der Waals surface area contributed by atoms with Gasteiger partial charge in [-0.05, 0) is 35.9 Å². The molecule has 0 amide bonds. The number of hydrogen-bond acceptors (Lipinski definition) is 4. The first-order valence-electron chi connectivity index (χ1n) is 8.09. The van der Waals surface area contributed by atoms with Gasteiger partial charge in [-0.3, -0.25) is 0 Å². The van der Waals surface area contributed by atoms with Crippen LogP contribution in [0.1, 0.15) is 11.1 Å². The van der Waals surface area contributed by atoms with Crippen molar-refractivity contribution in [2.45, 2.75) is 6.42 Å². The lowest BCUT2D eigenvalue weighted by molar-refractivity contribution is -0.491. The van der Waals surface area contributed by atoms with Gasteiger partial charge in [-0.25, -0.2) is 4.58 Å². The zero-order valence-corrected chi connectivity index (χ0v) is 15.5. The van der Waals surface area contributed by atoms with Crippen LogP contribution in [0.3, 0.4) is 0 Å². The van der Waals surface area contributed by atoms with E-state index in [1.54, 1.807) is 28.4 Å². The van der Waals surface area contributed by atoms with Gasteiger partial charge in [0.15, 0.2) is 29.2 Å². The van der Waals surface area contributed by atoms with Gasteiger partial charge in [-0.2, -0.15) is 0 Å². The topological polar surface area (TPSA) is 39.9 Å². The number of hydrogen-bond donors (Lipinski definition) is 0. The third kappa shape index (κ3) is 4.89. The van der Waals surface area contributed by atoms with Crippen molar-refractivity contribution in [2.75, 3.05) is 42.0 Å². The van der Waals surface area contributed by atoms with Crippen LogP contribution in [0.2, 0.25) is 0 Å². The fourth-order valence-corrected chi connectivity index (χ4v) is 2.59. The van der Waals surface area contributed by atoms with Gasteiger partial charge in [0.1, 0.15) is 13.6 Å². The fraction of sp³-hybridized carbons (Fsp3) is 0.350. The summed E-state index contributed by atoms with van der Waals surface area (Å²) in [5, 5.41) is 0. The molecule has 2 aromatic rings. The highest BCUT2D eigenvalue weighted by molar-refractivity contribution is 5.77. The molecule has 0 aliphatic carbocycles. The number of nitrogens with zero attached hydrogens (tertiary/aromatic N) is 1. The Labute approximate surface area is 149 Å². The monoisotopic (exact) mass is 344 g/mol. The summed E-state index contributed by atoms with van der Waals surface area (Å²) in [6.45, 7) is 0.879. The second kappa shape index (κ2) is 8.97. The normalized spacial score (nSPS) is 11.2. The van der Waals surface area contributed by atoms with Gasteiger partial charge in [0.05, 0.1) is 28.4 Å². The summed E-state index contributed by atoms with van der Waals surface area (Å²) in [5.74, 6) is 2.96. The summed E-state index contributed by atoms with van der Waals surface area (Å²) in [7, 11) is 8.62. The Hall–Kier alpha value is -2.69. The van der Waals surface area contributed by atoms with Gasteiger partial charge >= 0.3 is 0 Å². The molecule has 0 bridgehead atoms. The van der Waals surface area contributed by atoms with Crippen molar-refractivity contribution in [3.05, 3.63) is 47.5 Å². The molecule has 25 heavy (non-hydrogen) atoms. The van der Waals surface area contributed by atoms with Crippen LogP contribution in [0.4, 0.5) is 0 Å². The summed E-state index contributed by atoms with van der Waals surface area (Å²) in [6, 6.07) is 11.9. The smallest absolute Gasteiger partial charge is 0.170 e. The minimum absolute atomic E-state index is 0.726. The molecule has 2 rings (SSSR count). The first kappa shape index (κ1) is 18.6. The third-order valence-corrected chi connectivity index (χ3v) is 3.98. The zero-order valence-electron chi connectivity index (χ0n) is 15.5. The maximum absolute atomic E-state index is 5.35.